The first kappa shape index (κ1) is 20.9. The molecular weight excluding hydrogens is 386 g/mol. The van der Waals surface area contributed by atoms with E-state index in [2.05, 4.69) is 4.72 Å². The lowest BCUT2D eigenvalue weighted by molar-refractivity contribution is 0.0627. The molecule has 0 saturated carbocycles. The van der Waals surface area contributed by atoms with Gasteiger partial charge in [-0.15, -0.1) is 0 Å². The molecule has 5 nitrogen and oxygen atoms in total. The van der Waals surface area contributed by atoms with Gasteiger partial charge in [-0.1, -0.05) is 66.7 Å². The molecule has 2 N–H and O–H groups in total. The monoisotopic (exact) mass is 409 g/mol. The second-order valence-electron chi connectivity index (χ2n) is 7.13. The van der Waals surface area contributed by atoms with Crippen molar-refractivity contribution >= 4 is 15.8 Å². The van der Waals surface area contributed by atoms with Gasteiger partial charge in [0.05, 0.1) is 4.90 Å². The maximum Gasteiger partial charge on any atom is 0.240 e. The Morgan fingerprint density at radius 1 is 0.931 bits per heavy atom. The summed E-state index contributed by atoms with van der Waals surface area (Å²) in [7, 11) is -3.87. The van der Waals surface area contributed by atoms with E-state index in [9.17, 15) is 18.3 Å². The van der Waals surface area contributed by atoms with Crippen LogP contribution in [0.5, 0.6) is 0 Å². The first-order chi connectivity index (χ1) is 13.7. The molecule has 3 aromatic rings. The van der Waals surface area contributed by atoms with Crippen molar-refractivity contribution in [2.24, 2.45) is 0 Å². The van der Waals surface area contributed by atoms with Crippen molar-refractivity contribution in [3.8, 4) is 11.1 Å². The Morgan fingerprint density at radius 2 is 1.55 bits per heavy atom. The topological polar surface area (TPSA) is 83.5 Å². The molecule has 0 aliphatic carbocycles. The molecule has 3 aromatic carbocycles. The van der Waals surface area contributed by atoms with Gasteiger partial charge in [-0.25, -0.2) is 13.1 Å². The van der Waals surface area contributed by atoms with Crippen LogP contribution < -0.4 is 4.72 Å². The molecule has 3 rings (SSSR count). The summed E-state index contributed by atoms with van der Waals surface area (Å²) in [6.45, 7) is 2.73. The summed E-state index contributed by atoms with van der Waals surface area (Å²) in [5, 5.41) is 10.8. The third kappa shape index (κ3) is 4.98. The van der Waals surface area contributed by atoms with Crippen LogP contribution in [0, 0.1) is 0 Å². The van der Waals surface area contributed by atoms with Crippen LogP contribution in [0.15, 0.2) is 83.8 Å². The summed E-state index contributed by atoms with van der Waals surface area (Å²) >= 11 is 0. The summed E-state index contributed by atoms with van der Waals surface area (Å²) in [5.74, 6) is -0.215. The zero-order valence-electron chi connectivity index (χ0n) is 16.3. The fourth-order valence-corrected chi connectivity index (χ4v) is 4.13. The van der Waals surface area contributed by atoms with E-state index in [1.165, 1.54) is 25.1 Å². The highest BCUT2D eigenvalue weighted by molar-refractivity contribution is 7.89. The molecule has 0 aliphatic rings. The second kappa shape index (κ2) is 8.29. The number of aliphatic hydroxyl groups is 1. The van der Waals surface area contributed by atoms with Crippen LogP contribution in [0.4, 0.5) is 0 Å². The highest BCUT2D eigenvalue weighted by Crippen LogP contribution is 2.25. The largest absolute Gasteiger partial charge is 0.384 e. The predicted octanol–water partition coefficient (Wildman–Crippen LogP) is 3.74. The second-order valence-corrected chi connectivity index (χ2v) is 8.89. The van der Waals surface area contributed by atoms with Gasteiger partial charge in [-0.2, -0.15) is 0 Å². The first-order valence-corrected chi connectivity index (χ1v) is 10.7. The third-order valence-corrected chi connectivity index (χ3v) is 6.17. The molecule has 29 heavy (non-hydrogen) atoms. The number of nitrogens with one attached hydrogen (secondary N) is 1. The van der Waals surface area contributed by atoms with E-state index in [4.69, 9.17) is 0 Å². The molecule has 0 amide bonds. The quantitative estimate of drug-likeness (QED) is 0.582. The molecule has 1 atom stereocenters. The number of carbonyl (C=O) groups is 1. The van der Waals surface area contributed by atoms with Crippen LogP contribution >= 0.6 is 0 Å². The van der Waals surface area contributed by atoms with Crippen LogP contribution in [-0.2, 0) is 15.6 Å². The van der Waals surface area contributed by atoms with Crippen LogP contribution in [0.25, 0.3) is 11.1 Å². The Labute approximate surface area is 171 Å². The van der Waals surface area contributed by atoms with Gasteiger partial charge in [0.1, 0.15) is 5.60 Å². The van der Waals surface area contributed by atoms with Crippen molar-refractivity contribution in [1.82, 2.24) is 4.72 Å². The average Bonchev–Trinajstić information content (AvgIpc) is 2.73. The molecule has 0 aromatic heterocycles. The van der Waals surface area contributed by atoms with Gasteiger partial charge in [-0.3, -0.25) is 4.79 Å². The Balaban J connectivity index is 1.75. The van der Waals surface area contributed by atoms with Gasteiger partial charge in [0, 0.05) is 12.1 Å². The average molecular weight is 410 g/mol. The maximum atomic E-state index is 12.6. The smallest absolute Gasteiger partial charge is 0.240 e. The minimum Gasteiger partial charge on any atom is -0.384 e. The number of hydrogen-bond donors (Lipinski definition) is 2. The normalized spacial score (nSPS) is 13.6. The Morgan fingerprint density at radius 3 is 2.17 bits per heavy atom. The van der Waals surface area contributed by atoms with Gasteiger partial charge in [0.2, 0.25) is 10.0 Å². The lowest BCUT2D eigenvalue weighted by Crippen LogP contribution is -2.38. The lowest BCUT2D eigenvalue weighted by atomic mass is 9.94. The van der Waals surface area contributed by atoms with Crippen molar-refractivity contribution in [3.05, 3.63) is 90.0 Å². The Bertz CT molecular complexity index is 1110. The van der Waals surface area contributed by atoms with Crippen LogP contribution in [-0.4, -0.2) is 25.9 Å². The fraction of sp³-hybridized carbons (Fsp3) is 0.174. The van der Waals surface area contributed by atoms with Crippen LogP contribution in [0.3, 0.4) is 0 Å². The third-order valence-electron chi connectivity index (χ3n) is 4.77. The summed E-state index contributed by atoms with van der Waals surface area (Å²) in [4.78, 5) is 11.5. The van der Waals surface area contributed by atoms with Crippen molar-refractivity contribution in [3.63, 3.8) is 0 Å². The number of ketones is 1. The van der Waals surface area contributed by atoms with Gasteiger partial charge in [0.15, 0.2) is 5.78 Å². The first-order valence-electron chi connectivity index (χ1n) is 9.18. The molecule has 0 radical (unpaired) electrons. The zero-order valence-corrected chi connectivity index (χ0v) is 17.1. The number of hydrogen-bond acceptors (Lipinski definition) is 4. The molecular formula is C23H23NO4S. The molecule has 0 saturated heterocycles. The number of rotatable bonds is 7. The van der Waals surface area contributed by atoms with E-state index in [1.807, 2.05) is 42.5 Å². The minimum absolute atomic E-state index is 0.0135. The van der Waals surface area contributed by atoms with Gasteiger partial charge in [0.25, 0.3) is 0 Å². The van der Waals surface area contributed by atoms with E-state index in [-0.39, 0.29) is 17.2 Å². The number of Topliss-reactive ketones (excluding diaryl/α,β-unsaturated/α-hetero) is 1. The van der Waals surface area contributed by atoms with Crippen LogP contribution in [0.2, 0.25) is 0 Å². The molecule has 0 spiro atoms. The Kier molecular flexibility index (Phi) is 5.98. The predicted molar refractivity (Wildman–Crippen MR) is 113 cm³/mol. The molecule has 0 fully saturated rings. The van der Waals surface area contributed by atoms with Crippen molar-refractivity contribution in [2.45, 2.75) is 24.3 Å². The van der Waals surface area contributed by atoms with Crippen molar-refractivity contribution < 1.29 is 18.3 Å². The van der Waals surface area contributed by atoms with Crippen molar-refractivity contribution in [2.75, 3.05) is 6.54 Å². The zero-order chi connectivity index (χ0) is 21.1. The number of benzene rings is 3. The molecule has 0 heterocycles. The SMILES string of the molecule is CC(=O)c1cccc(S(=O)(=O)NC[C@@](C)(O)c2ccc(-c3ccccc3)cc2)c1. The highest BCUT2D eigenvalue weighted by atomic mass is 32.2. The maximum absolute atomic E-state index is 12.6. The Hall–Kier alpha value is -2.80. The fourth-order valence-electron chi connectivity index (χ4n) is 2.96. The lowest BCUT2D eigenvalue weighted by Gasteiger charge is -2.24. The summed E-state index contributed by atoms with van der Waals surface area (Å²) in [6, 6.07) is 23.0. The van der Waals surface area contributed by atoms with E-state index in [1.54, 1.807) is 25.1 Å². The molecule has 150 valence electrons. The van der Waals surface area contributed by atoms with E-state index in [0.717, 1.165) is 11.1 Å². The summed E-state index contributed by atoms with van der Waals surface area (Å²) in [5.41, 5.74) is 1.57. The molecule has 0 bridgehead atoms. The standard InChI is InChI=1S/C23H23NO4S/c1-17(25)20-9-6-10-22(15-20)29(27,28)24-16-23(2,26)21-13-11-19(12-14-21)18-7-4-3-5-8-18/h3-15,24,26H,16H2,1-2H3/t23-/m1/s1. The molecule has 6 heteroatoms. The minimum atomic E-state index is -3.87. The van der Waals surface area contributed by atoms with Gasteiger partial charge < -0.3 is 5.11 Å². The summed E-state index contributed by atoms with van der Waals surface area (Å²) < 4.78 is 27.6. The van der Waals surface area contributed by atoms with E-state index < -0.39 is 15.6 Å². The highest BCUT2D eigenvalue weighted by Gasteiger charge is 2.26. The number of carbonyl (C=O) groups excluding carboxylic acids is 1. The van der Waals surface area contributed by atoms with Crippen LogP contribution in [0.1, 0.15) is 29.8 Å². The van der Waals surface area contributed by atoms with Gasteiger partial charge >= 0.3 is 0 Å². The van der Waals surface area contributed by atoms with E-state index >= 15 is 0 Å². The van der Waals surface area contributed by atoms with Crippen molar-refractivity contribution in [1.29, 1.82) is 0 Å². The summed E-state index contributed by atoms with van der Waals surface area (Å²) in [6.07, 6.45) is 0. The van der Waals surface area contributed by atoms with Gasteiger partial charge in [-0.05, 0) is 42.7 Å². The van der Waals surface area contributed by atoms with E-state index in [0.29, 0.717) is 11.1 Å². The number of sulfonamides is 1. The molecule has 0 aliphatic heterocycles. The molecule has 0 unspecified atom stereocenters.